The number of esters is 1. The number of nitrogens with one attached hydrogen (secondary N) is 1. The molecule has 0 saturated heterocycles. The molecule has 0 aliphatic carbocycles. The van der Waals surface area contributed by atoms with Gasteiger partial charge in [0.15, 0.2) is 0 Å². The van der Waals surface area contributed by atoms with Gasteiger partial charge in [-0.15, -0.1) is 0 Å². The van der Waals surface area contributed by atoms with E-state index >= 15 is 0 Å². The summed E-state index contributed by atoms with van der Waals surface area (Å²) in [6.07, 6.45) is 2.23. The van der Waals surface area contributed by atoms with Crippen molar-refractivity contribution < 1.29 is 14.3 Å². The molecule has 1 N–H and O–H groups in total. The molecule has 1 aromatic carbocycles. The van der Waals surface area contributed by atoms with Crippen molar-refractivity contribution in [3.05, 3.63) is 33.8 Å². The van der Waals surface area contributed by atoms with Gasteiger partial charge in [0.2, 0.25) is 5.91 Å². The number of hydrogen-bond acceptors (Lipinski definition) is 4. The second-order valence-corrected chi connectivity index (χ2v) is 7.28. The summed E-state index contributed by atoms with van der Waals surface area (Å²) < 4.78 is 4.56. The van der Waals surface area contributed by atoms with E-state index in [9.17, 15) is 9.59 Å². The van der Waals surface area contributed by atoms with E-state index < -0.39 is 0 Å². The molecule has 0 aliphatic heterocycles. The van der Waals surface area contributed by atoms with Crippen LogP contribution >= 0.6 is 35.0 Å². The van der Waals surface area contributed by atoms with Crippen LogP contribution in [0, 0.1) is 0 Å². The molecule has 0 bridgehead atoms. The third-order valence-corrected chi connectivity index (χ3v) is 5.02. The van der Waals surface area contributed by atoms with Gasteiger partial charge in [-0.1, -0.05) is 42.6 Å². The number of thioether (sulfide) groups is 1. The number of carbonyl (C=O) groups is 2. The van der Waals surface area contributed by atoms with Gasteiger partial charge in [0.1, 0.15) is 0 Å². The second-order valence-electron chi connectivity index (χ2n) is 5.33. The lowest BCUT2D eigenvalue weighted by atomic mass is 9.94. The first-order valence-corrected chi connectivity index (χ1v) is 9.75. The van der Waals surface area contributed by atoms with Gasteiger partial charge in [0.05, 0.1) is 19.3 Å². The van der Waals surface area contributed by atoms with Gasteiger partial charge < -0.3 is 10.1 Å². The molecule has 0 unspecified atom stereocenters. The van der Waals surface area contributed by atoms with Crippen LogP contribution in [0.15, 0.2) is 18.2 Å². The van der Waals surface area contributed by atoms with Crippen molar-refractivity contribution in [2.75, 3.05) is 25.2 Å². The van der Waals surface area contributed by atoms with E-state index in [0.29, 0.717) is 34.5 Å². The Labute approximate surface area is 157 Å². The van der Waals surface area contributed by atoms with Crippen molar-refractivity contribution in [3.63, 3.8) is 0 Å². The zero-order valence-electron chi connectivity index (χ0n) is 13.9. The van der Waals surface area contributed by atoms with Crippen molar-refractivity contribution in [2.24, 2.45) is 0 Å². The van der Waals surface area contributed by atoms with Crippen LogP contribution in [0.4, 0.5) is 0 Å². The minimum Gasteiger partial charge on any atom is -0.469 e. The molecule has 1 aromatic rings. The number of rotatable bonds is 10. The molecule has 24 heavy (non-hydrogen) atoms. The highest BCUT2D eigenvalue weighted by Gasteiger charge is 2.15. The third kappa shape index (κ3) is 7.77. The molecule has 7 heteroatoms. The van der Waals surface area contributed by atoms with Gasteiger partial charge >= 0.3 is 5.97 Å². The maximum absolute atomic E-state index is 11.9. The number of methoxy groups -OCH3 is 1. The van der Waals surface area contributed by atoms with E-state index in [1.165, 1.54) is 18.9 Å². The predicted octanol–water partition coefficient (Wildman–Crippen LogP) is 4.29. The van der Waals surface area contributed by atoms with E-state index in [2.05, 4.69) is 17.0 Å². The minimum absolute atomic E-state index is 0.0453. The zero-order chi connectivity index (χ0) is 17.9. The van der Waals surface area contributed by atoms with Gasteiger partial charge in [0.25, 0.3) is 0 Å². The van der Waals surface area contributed by atoms with Gasteiger partial charge in [-0.05, 0) is 24.1 Å². The number of hydrogen-bond donors (Lipinski definition) is 1. The van der Waals surface area contributed by atoms with Crippen LogP contribution in [0.25, 0.3) is 0 Å². The van der Waals surface area contributed by atoms with E-state index in [-0.39, 0.29) is 17.8 Å². The number of benzene rings is 1. The van der Waals surface area contributed by atoms with Gasteiger partial charge in [-0.3, -0.25) is 9.59 Å². The number of amides is 1. The van der Waals surface area contributed by atoms with Crippen LogP contribution in [0.1, 0.15) is 37.7 Å². The summed E-state index contributed by atoms with van der Waals surface area (Å²) in [5.41, 5.74) is 1.00. The van der Waals surface area contributed by atoms with Gasteiger partial charge in [-0.25, -0.2) is 0 Å². The summed E-state index contributed by atoms with van der Waals surface area (Å²) >= 11 is 13.6. The summed E-state index contributed by atoms with van der Waals surface area (Å²) in [5.74, 6) is 0.745. The van der Waals surface area contributed by atoms with Crippen LogP contribution in [0.2, 0.25) is 10.0 Å². The Morgan fingerprint density at radius 2 is 2.08 bits per heavy atom. The molecular formula is C17H23Cl2NO3S. The Kier molecular flexibility index (Phi) is 10.2. The Morgan fingerprint density at radius 3 is 2.71 bits per heavy atom. The Bertz CT molecular complexity index is 555. The predicted molar refractivity (Wildman–Crippen MR) is 101 cm³/mol. The normalized spacial score (nSPS) is 11.8. The van der Waals surface area contributed by atoms with Crippen LogP contribution in [0.3, 0.4) is 0 Å². The molecule has 0 saturated carbocycles. The molecular weight excluding hydrogens is 369 g/mol. The van der Waals surface area contributed by atoms with Crippen LogP contribution in [-0.4, -0.2) is 37.0 Å². The largest absolute Gasteiger partial charge is 0.469 e. The average molecular weight is 392 g/mol. The summed E-state index contributed by atoms with van der Waals surface area (Å²) in [5, 5.41) is 4.17. The maximum Gasteiger partial charge on any atom is 0.306 e. The summed E-state index contributed by atoms with van der Waals surface area (Å²) in [6, 6.07) is 5.46. The van der Waals surface area contributed by atoms with Gasteiger partial charge in [0, 0.05) is 28.3 Å². The maximum atomic E-state index is 11.9. The first-order valence-electron chi connectivity index (χ1n) is 7.84. The first-order chi connectivity index (χ1) is 11.5. The van der Waals surface area contributed by atoms with E-state index in [0.717, 1.165) is 18.4 Å². The number of ether oxygens (including phenoxy) is 1. The monoisotopic (exact) mass is 391 g/mol. The molecule has 134 valence electrons. The van der Waals surface area contributed by atoms with Crippen LogP contribution in [-0.2, 0) is 14.3 Å². The molecule has 0 heterocycles. The highest BCUT2D eigenvalue weighted by atomic mass is 35.5. The van der Waals surface area contributed by atoms with E-state index in [1.807, 2.05) is 12.1 Å². The van der Waals surface area contributed by atoms with Crippen molar-refractivity contribution >= 4 is 46.8 Å². The van der Waals surface area contributed by atoms with Crippen molar-refractivity contribution in [3.8, 4) is 0 Å². The summed E-state index contributed by atoms with van der Waals surface area (Å²) in [7, 11) is 1.36. The molecule has 0 aliphatic rings. The Morgan fingerprint density at radius 1 is 1.33 bits per heavy atom. The smallest absolute Gasteiger partial charge is 0.306 e. The lowest BCUT2D eigenvalue weighted by Gasteiger charge is -2.19. The van der Waals surface area contributed by atoms with E-state index in [1.54, 1.807) is 6.07 Å². The quantitative estimate of drug-likeness (QED) is 0.477. The molecule has 0 spiro atoms. The highest BCUT2D eigenvalue weighted by molar-refractivity contribution is 7.99. The highest BCUT2D eigenvalue weighted by Crippen LogP contribution is 2.30. The van der Waals surface area contributed by atoms with Crippen molar-refractivity contribution in [1.82, 2.24) is 5.32 Å². The molecule has 1 amide bonds. The summed E-state index contributed by atoms with van der Waals surface area (Å²) in [4.78, 5) is 22.9. The van der Waals surface area contributed by atoms with E-state index in [4.69, 9.17) is 23.2 Å². The van der Waals surface area contributed by atoms with Crippen LogP contribution in [0.5, 0.6) is 0 Å². The van der Waals surface area contributed by atoms with Crippen molar-refractivity contribution in [1.29, 1.82) is 0 Å². The summed E-state index contributed by atoms with van der Waals surface area (Å²) in [6.45, 7) is 2.63. The lowest BCUT2D eigenvalue weighted by molar-refractivity contribution is -0.140. The molecule has 4 nitrogen and oxygen atoms in total. The molecule has 1 atom stereocenters. The fourth-order valence-electron chi connectivity index (χ4n) is 2.26. The second kappa shape index (κ2) is 11.6. The van der Waals surface area contributed by atoms with Crippen molar-refractivity contribution in [2.45, 2.75) is 32.1 Å². The molecule has 1 rings (SSSR count). The number of carbonyl (C=O) groups excluding carboxylic acids is 2. The number of halogens is 2. The minimum atomic E-state index is -0.261. The van der Waals surface area contributed by atoms with Gasteiger partial charge in [-0.2, -0.15) is 11.8 Å². The molecule has 0 radical (unpaired) electrons. The third-order valence-electron chi connectivity index (χ3n) is 3.50. The van der Waals surface area contributed by atoms with Crippen LogP contribution < -0.4 is 5.32 Å². The topological polar surface area (TPSA) is 55.4 Å². The average Bonchev–Trinajstić information content (AvgIpc) is 2.55. The Balaban J connectivity index is 2.45. The Hall–Kier alpha value is -0.910. The molecule has 0 fully saturated rings. The lowest BCUT2D eigenvalue weighted by Crippen LogP contribution is -2.30. The molecule has 0 aromatic heterocycles. The first kappa shape index (κ1) is 21.1. The fraction of sp³-hybridized carbons (Fsp3) is 0.529. The fourth-order valence-corrected chi connectivity index (χ4v) is 3.56. The SMILES string of the molecule is CCC[C@H](CNC(=O)CSCCC(=O)OC)c1ccc(Cl)cc1Cl. The standard InChI is InChI=1S/C17H23Cl2NO3S/c1-3-4-12(14-6-5-13(18)9-15(14)19)10-20-16(21)11-24-8-7-17(22)23-2/h5-6,9,12H,3-4,7-8,10-11H2,1-2H3,(H,20,21)/t12-/m1/s1. The zero-order valence-corrected chi connectivity index (χ0v) is 16.3.